The van der Waals surface area contributed by atoms with E-state index in [0.29, 0.717) is 16.1 Å². The van der Waals surface area contributed by atoms with Gasteiger partial charge < -0.3 is 10.2 Å². The van der Waals surface area contributed by atoms with Gasteiger partial charge in [0.15, 0.2) is 0 Å². The Bertz CT molecular complexity index is 379. The molecule has 0 aliphatic carbocycles. The smallest absolute Gasteiger partial charge is 0.270 e. The Morgan fingerprint density at radius 1 is 1.56 bits per heavy atom. The normalized spacial score (nSPS) is 13.1. The number of hydrogen-bond acceptors (Lipinski definition) is 3. The van der Waals surface area contributed by atoms with Gasteiger partial charge in [-0.3, -0.25) is 9.89 Å². The zero-order valence-corrected chi connectivity index (χ0v) is 12.9. The number of nitrogens with one attached hydrogen (secondary N) is 2. The first-order valence-corrected chi connectivity index (χ1v) is 6.84. The minimum Gasteiger partial charge on any atom is -0.347 e. The predicted octanol–water partition coefficient (Wildman–Crippen LogP) is 1.88. The maximum atomic E-state index is 12.1. The first kappa shape index (κ1) is 15.2. The molecule has 0 unspecified atom stereocenters. The molecule has 102 valence electrons. The molecule has 0 saturated heterocycles. The number of halogens is 1. The molecule has 1 aromatic rings. The van der Waals surface area contributed by atoms with Crippen LogP contribution in [0.25, 0.3) is 0 Å². The molecule has 1 atom stereocenters. The van der Waals surface area contributed by atoms with Gasteiger partial charge in [-0.2, -0.15) is 5.10 Å². The lowest BCUT2D eigenvalue weighted by molar-refractivity contribution is 0.0918. The third-order valence-electron chi connectivity index (χ3n) is 2.50. The van der Waals surface area contributed by atoms with E-state index in [2.05, 4.69) is 50.2 Å². The van der Waals surface area contributed by atoms with Gasteiger partial charge in [-0.1, -0.05) is 13.8 Å². The van der Waals surface area contributed by atoms with Crippen molar-refractivity contribution in [3.05, 3.63) is 16.4 Å². The summed E-state index contributed by atoms with van der Waals surface area (Å²) in [6.07, 6.45) is 2.54. The summed E-state index contributed by atoms with van der Waals surface area (Å²) in [5.41, 5.74) is 0.475. The average Bonchev–Trinajstić information content (AvgIpc) is 2.61. The second-order valence-corrected chi connectivity index (χ2v) is 6.01. The SMILES string of the molecule is CC(C)C[C@H](CN(C)C)NC(=O)c1[nH]ncc1Br. The Labute approximate surface area is 116 Å². The van der Waals surface area contributed by atoms with Crippen molar-refractivity contribution in [1.82, 2.24) is 20.4 Å². The molecule has 1 heterocycles. The molecule has 0 spiro atoms. The van der Waals surface area contributed by atoms with Crippen LogP contribution in [0.1, 0.15) is 30.8 Å². The molecule has 18 heavy (non-hydrogen) atoms. The number of aromatic amines is 1. The van der Waals surface area contributed by atoms with Crippen LogP contribution >= 0.6 is 15.9 Å². The second-order valence-electron chi connectivity index (χ2n) is 5.16. The largest absolute Gasteiger partial charge is 0.347 e. The zero-order valence-electron chi connectivity index (χ0n) is 11.3. The fourth-order valence-corrected chi connectivity index (χ4v) is 2.25. The van der Waals surface area contributed by atoms with E-state index in [1.807, 2.05) is 14.1 Å². The third-order valence-corrected chi connectivity index (χ3v) is 3.10. The van der Waals surface area contributed by atoms with Crippen LogP contribution in [0.15, 0.2) is 10.7 Å². The molecule has 1 rings (SSSR count). The van der Waals surface area contributed by atoms with E-state index in [4.69, 9.17) is 0 Å². The highest BCUT2D eigenvalue weighted by Gasteiger charge is 2.18. The van der Waals surface area contributed by atoms with E-state index in [9.17, 15) is 4.79 Å². The molecule has 2 N–H and O–H groups in total. The van der Waals surface area contributed by atoms with Crippen LogP contribution in [0.2, 0.25) is 0 Å². The highest BCUT2D eigenvalue weighted by molar-refractivity contribution is 9.10. The Morgan fingerprint density at radius 2 is 2.22 bits per heavy atom. The molecule has 6 heteroatoms. The van der Waals surface area contributed by atoms with Gasteiger partial charge in [-0.25, -0.2) is 0 Å². The maximum Gasteiger partial charge on any atom is 0.270 e. The van der Waals surface area contributed by atoms with Crippen LogP contribution in [-0.2, 0) is 0 Å². The summed E-state index contributed by atoms with van der Waals surface area (Å²) in [5, 5.41) is 9.56. The number of nitrogens with zero attached hydrogens (tertiary/aromatic N) is 2. The molecular weight excluding hydrogens is 296 g/mol. The van der Waals surface area contributed by atoms with Gasteiger partial charge in [0, 0.05) is 12.6 Å². The van der Waals surface area contributed by atoms with Crippen LogP contribution in [0.5, 0.6) is 0 Å². The summed E-state index contributed by atoms with van der Waals surface area (Å²) >= 11 is 3.29. The number of rotatable bonds is 6. The number of amides is 1. The molecule has 5 nitrogen and oxygen atoms in total. The molecule has 0 saturated carbocycles. The van der Waals surface area contributed by atoms with Crippen LogP contribution in [0, 0.1) is 5.92 Å². The number of aromatic nitrogens is 2. The Balaban J connectivity index is 2.65. The lowest BCUT2D eigenvalue weighted by Crippen LogP contribution is -2.42. The van der Waals surface area contributed by atoms with Gasteiger partial charge in [0.25, 0.3) is 5.91 Å². The fraction of sp³-hybridized carbons (Fsp3) is 0.667. The van der Waals surface area contributed by atoms with Gasteiger partial charge in [0.05, 0.1) is 10.7 Å². The van der Waals surface area contributed by atoms with Crippen molar-refractivity contribution in [1.29, 1.82) is 0 Å². The molecule has 0 aliphatic rings. The third kappa shape index (κ3) is 4.78. The second kappa shape index (κ2) is 6.89. The van der Waals surface area contributed by atoms with Crippen molar-refractivity contribution in [2.24, 2.45) is 5.92 Å². The van der Waals surface area contributed by atoms with Crippen molar-refractivity contribution in [3.63, 3.8) is 0 Å². The molecule has 0 radical (unpaired) electrons. The van der Waals surface area contributed by atoms with Gasteiger partial charge in [0.2, 0.25) is 0 Å². The first-order valence-electron chi connectivity index (χ1n) is 6.04. The standard InChI is InChI=1S/C12H21BrN4O/c1-8(2)5-9(7-17(3)4)15-12(18)11-10(13)6-14-16-11/h6,8-9H,5,7H2,1-4H3,(H,14,16)(H,15,18)/t9-/m1/s1. The Kier molecular flexibility index (Phi) is 5.81. The molecule has 0 aliphatic heterocycles. The number of H-pyrrole nitrogens is 1. The molecule has 1 aromatic heterocycles. The number of carbonyl (C=O) groups is 1. The van der Waals surface area contributed by atoms with E-state index >= 15 is 0 Å². The number of hydrogen-bond donors (Lipinski definition) is 2. The van der Waals surface area contributed by atoms with E-state index in [-0.39, 0.29) is 11.9 Å². The predicted molar refractivity (Wildman–Crippen MR) is 75.6 cm³/mol. The quantitative estimate of drug-likeness (QED) is 0.842. The van der Waals surface area contributed by atoms with Crippen LogP contribution in [0.3, 0.4) is 0 Å². The fourth-order valence-electron chi connectivity index (χ4n) is 1.88. The van der Waals surface area contributed by atoms with Gasteiger partial charge in [0.1, 0.15) is 5.69 Å². The summed E-state index contributed by atoms with van der Waals surface area (Å²) in [7, 11) is 4.01. The van der Waals surface area contributed by atoms with Crippen molar-refractivity contribution in [3.8, 4) is 0 Å². The summed E-state index contributed by atoms with van der Waals surface area (Å²) in [6.45, 7) is 5.14. The van der Waals surface area contributed by atoms with Crippen molar-refractivity contribution >= 4 is 21.8 Å². The first-order chi connectivity index (χ1) is 8.40. The van der Waals surface area contributed by atoms with Crippen LogP contribution in [0.4, 0.5) is 0 Å². The zero-order chi connectivity index (χ0) is 13.7. The van der Waals surface area contributed by atoms with Gasteiger partial charge >= 0.3 is 0 Å². The van der Waals surface area contributed by atoms with Crippen molar-refractivity contribution in [2.45, 2.75) is 26.3 Å². The van der Waals surface area contributed by atoms with Crippen LogP contribution in [-0.4, -0.2) is 47.7 Å². The number of likely N-dealkylation sites (N-methyl/N-ethyl adjacent to an activating group) is 1. The lowest BCUT2D eigenvalue weighted by atomic mass is 10.0. The van der Waals surface area contributed by atoms with Crippen LogP contribution < -0.4 is 5.32 Å². The topological polar surface area (TPSA) is 61.0 Å². The van der Waals surface area contributed by atoms with E-state index < -0.39 is 0 Å². The highest BCUT2D eigenvalue weighted by Crippen LogP contribution is 2.13. The van der Waals surface area contributed by atoms with Crippen molar-refractivity contribution in [2.75, 3.05) is 20.6 Å². The van der Waals surface area contributed by atoms with E-state index in [1.165, 1.54) is 0 Å². The molecule has 0 bridgehead atoms. The maximum absolute atomic E-state index is 12.1. The molecule has 1 amide bonds. The number of carbonyl (C=O) groups excluding carboxylic acids is 1. The van der Waals surface area contributed by atoms with Crippen molar-refractivity contribution < 1.29 is 4.79 Å². The monoisotopic (exact) mass is 316 g/mol. The van der Waals surface area contributed by atoms with E-state index in [1.54, 1.807) is 6.20 Å². The Hall–Kier alpha value is -0.880. The summed E-state index contributed by atoms with van der Waals surface area (Å²) < 4.78 is 0.688. The minimum absolute atomic E-state index is 0.119. The molecule has 0 fully saturated rings. The van der Waals surface area contributed by atoms with E-state index in [0.717, 1.165) is 13.0 Å². The summed E-state index contributed by atoms with van der Waals surface area (Å²) in [5.74, 6) is 0.423. The van der Waals surface area contributed by atoms with Gasteiger partial charge in [-0.15, -0.1) is 0 Å². The minimum atomic E-state index is -0.119. The summed E-state index contributed by atoms with van der Waals surface area (Å²) in [4.78, 5) is 14.1. The molecule has 0 aromatic carbocycles. The summed E-state index contributed by atoms with van der Waals surface area (Å²) in [6, 6.07) is 0.141. The average molecular weight is 317 g/mol. The lowest BCUT2D eigenvalue weighted by Gasteiger charge is -2.23. The van der Waals surface area contributed by atoms with Gasteiger partial charge in [-0.05, 0) is 42.4 Å². The Morgan fingerprint density at radius 3 is 2.67 bits per heavy atom. The highest BCUT2D eigenvalue weighted by atomic mass is 79.9. The molecular formula is C12H21BrN4O.